The molecule has 0 spiro atoms. The number of nitro benzene ring substituents is 1. The molecule has 1 fully saturated rings. The number of piperidine rings is 1. The first-order chi connectivity index (χ1) is 9.97. The van der Waals surface area contributed by atoms with E-state index in [4.69, 9.17) is 0 Å². The summed E-state index contributed by atoms with van der Waals surface area (Å²) in [6.45, 7) is 2.87. The molecule has 0 amide bonds. The molecule has 0 saturated carbocycles. The fourth-order valence-electron chi connectivity index (χ4n) is 2.59. The number of anilines is 1. The third kappa shape index (κ3) is 4.38. The van der Waals surface area contributed by atoms with Crippen molar-refractivity contribution in [1.29, 1.82) is 0 Å². The fraction of sp³-hybridized carbons (Fsp3) is 0.571. The number of halogens is 2. The smallest absolute Gasteiger partial charge is 0.295 e. The van der Waals surface area contributed by atoms with Gasteiger partial charge in [0.15, 0.2) is 0 Å². The minimum absolute atomic E-state index is 0.223. The van der Waals surface area contributed by atoms with Crippen LogP contribution in [0.3, 0.4) is 0 Å². The molecule has 5 nitrogen and oxygen atoms in total. The average Bonchev–Trinajstić information content (AvgIpc) is 2.44. The van der Waals surface area contributed by atoms with Crippen molar-refractivity contribution in [1.82, 2.24) is 4.90 Å². The Labute approximate surface area is 131 Å². The summed E-state index contributed by atoms with van der Waals surface area (Å²) in [5, 5.41) is 14.0. The summed E-state index contributed by atoms with van der Waals surface area (Å²) in [5.74, 6) is 0.0270. The molecule has 0 aliphatic carbocycles. The standard InChI is InChI=1S/C14H19BrFN3O2/c1-18-6-3-10(4-7-18)2-5-17-13-8-11(15)12(16)9-14(13)19(20)21/h8-10,17H,2-7H2,1H3. The molecule has 0 atom stereocenters. The average molecular weight is 360 g/mol. The molecule has 2 rings (SSSR count). The SMILES string of the molecule is CN1CCC(CCNc2cc(Br)c(F)cc2[N+](=O)[O-])CC1. The van der Waals surface area contributed by atoms with E-state index in [-0.39, 0.29) is 10.2 Å². The van der Waals surface area contributed by atoms with Crippen LogP contribution in [0.4, 0.5) is 15.8 Å². The highest BCUT2D eigenvalue weighted by Gasteiger charge is 2.19. The van der Waals surface area contributed by atoms with E-state index in [9.17, 15) is 14.5 Å². The molecule has 0 unspecified atom stereocenters. The van der Waals surface area contributed by atoms with Crippen molar-refractivity contribution in [3.63, 3.8) is 0 Å². The minimum Gasteiger partial charge on any atom is -0.379 e. The second-order valence-corrected chi connectivity index (χ2v) is 6.36. The van der Waals surface area contributed by atoms with Crippen molar-refractivity contribution < 1.29 is 9.31 Å². The second-order valence-electron chi connectivity index (χ2n) is 5.50. The number of benzene rings is 1. The summed E-state index contributed by atoms with van der Waals surface area (Å²) >= 11 is 3.06. The molecule has 1 saturated heterocycles. The maximum atomic E-state index is 13.4. The first-order valence-electron chi connectivity index (χ1n) is 7.03. The van der Waals surface area contributed by atoms with E-state index in [2.05, 4.69) is 33.2 Å². The van der Waals surface area contributed by atoms with Crippen LogP contribution in [0.5, 0.6) is 0 Å². The Morgan fingerprint density at radius 3 is 2.76 bits per heavy atom. The van der Waals surface area contributed by atoms with E-state index in [1.807, 2.05) is 0 Å². The van der Waals surface area contributed by atoms with Gasteiger partial charge in [-0.1, -0.05) is 0 Å². The molecule has 0 radical (unpaired) electrons. The second kappa shape index (κ2) is 7.17. The van der Waals surface area contributed by atoms with Crippen LogP contribution in [0, 0.1) is 21.8 Å². The zero-order valence-corrected chi connectivity index (χ0v) is 13.5. The van der Waals surface area contributed by atoms with Crippen LogP contribution in [-0.4, -0.2) is 36.5 Å². The lowest BCUT2D eigenvalue weighted by molar-refractivity contribution is -0.384. The Morgan fingerprint density at radius 1 is 1.48 bits per heavy atom. The molecule has 1 aromatic rings. The van der Waals surface area contributed by atoms with Crippen LogP contribution in [0.25, 0.3) is 0 Å². The summed E-state index contributed by atoms with van der Waals surface area (Å²) in [6.07, 6.45) is 3.29. The summed E-state index contributed by atoms with van der Waals surface area (Å²) in [7, 11) is 2.12. The lowest BCUT2D eigenvalue weighted by atomic mass is 9.94. The van der Waals surface area contributed by atoms with Crippen LogP contribution < -0.4 is 5.32 Å². The van der Waals surface area contributed by atoms with Gasteiger partial charge in [0.2, 0.25) is 0 Å². The van der Waals surface area contributed by atoms with Gasteiger partial charge < -0.3 is 10.2 Å². The zero-order chi connectivity index (χ0) is 15.4. The Hall–Kier alpha value is -1.21. The topological polar surface area (TPSA) is 58.4 Å². The highest BCUT2D eigenvalue weighted by Crippen LogP contribution is 2.31. The zero-order valence-electron chi connectivity index (χ0n) is 11.9. The summed E-state index contributed by atoms with van der Waals surface area (Å²) in [6, 6.07) is 2.38. The van der Waals surface area contributed by atoms with Gasteiger partial charge in [-0.25, -0.2) is 4.39 Å². The molecule has 0 bridgehead atoms. The molecule has 0 aromatic heterocycles. The van der Waals surface area contributed by atoms with E-state index in [1.165, 1.54) is 6.07 Å². The number of likely N-dealkylation sites (tertiary alicyclic amines) is 1. The first kappa shape index (κ1) is 16.2. The van der Waals surface area contributed by atoms with Crippen molar-refractivity contribution in [3.8, 4) is 0 Å². The molecule has 1 aromatic carbocycles. The highest BCUT2D eigenvalue weighted by atomic mass is 79.9. The summed E-state index contributed by atoms with van der Waals surface area (Å²) < 4.78 is 13.6. The van der Waals surface area contributed by atoms with Crippen molar-refractivity contribution >= 4 is 27.3 Å². The van der Waals surface area contributed by atoms with Gasteiger partial charge in [-0.15, -0.1) is 0 Å². The number of nitrogens with zero attached hydrogens (tertiary/aromatic N) is 2. The van der Waals surface area contributed by atoms with Gasteiger partial charge in [0.25, 0.3) is 5.69 Å². The number of nitro groups is 1. The predicted molar refractivity (Wildman–Crippen MR) is 84.1 cm³/mol. The van der Waals surface area contributed by atoms with Crippen LogP contribution in [0.15, 0.2) is 16.6 Å². The molecule has 1 aliphatic rings. The van der Waals surface area contributed by atoms with E-state index in [0.717, 1.165) is 38.4 Å². The molecular weight excluding hydrogens is 341 g/mol. The van der Waals surface area contributed by atoms with Gasteiger partial charge in [-0.05, 0) is 67.3 Å². The minimum atomic E-state index is -0.623. The Bertz CT molecular complexity index is 519. The number of rotatable bonds is 5. The van der Waals surface area contributed by atoms with Crippen LogP contribution in [0.1, 0.15) is 19.3 Å². The maximum absolute atomic E-state index is 13.4. The van der Waals surface area contributed by atoms with E-state index < -0.39 is 10.7 Å². The van der Waals surface area contributed by atoms with Crippen LogP contribution in [0.2, 0.25) is 0 Å². The van der Waals surface area contributed by atoms with Gasteiger partial charge in [-0.3, -0.25) is 10.1 Å². The van der Waals surface area contributed by atoms with Crippen LogP contribution >= 0.6 is 15.9 Å². The lowest BCUT2D eigenvalue weighted by Gasteiger charge is -2.28. The summed E-state index contributed by atoms with van der Waals surface area (Å²) in [4.78, 5) is 12.7. The highest BCUT2D eigenvalue weighted by molar-refractivity contribution is 9.10. The van der Waals surface area contributed by atoms with E-state index >= 15 is 0 Å². The van der Waals surface area contributed by atoms with Gasteiger partial charge in [0, 0.05) is 6.54 Å². The number of hydrogen-bond donors (Lipinski definition) is 1. The number of hydrogen-bond acceptors (Lipinski definition) is 4. The Morgan fingerprint density at radius 2 is 2.14 bits per heavy atom. The van der Waals surface area contributed by atoms with Crippen molar-refractivity contribution in [2.75, 3.05) is 32.0 Å². The fourth-order valence-corrected chi connectivity index (χ4v) is 2.93. The molecule has 1 N–H and O–H groups in total. The van der Waals surface area contributed by atoms with Gasteiger partial charge >= 0.3 is 0 Å². The van der Waals surface area contributed by atoms with Crippen molar-refractivity contribution in [3.05, 3.63) is 32.5 Å². The quantitative estimate of drug-likeness (QED) is 0.643. The van der Waals surface area contributed by atoms with Crippen LogP contribution in [-0.2, 0) is 0 Å². The molecular formula is C14H19BrFN3O2. The van der Waals surface area contributed by atoms with Gasteiger partial charge in [0.05, 0.1) is 15.5 Å². The maximum Gasteiger partial charge on any atom is 0.295 e. The normalized spacial score (nSPS) is 16.9. The van der Waals surface area contributed by atoms with Crippen molar-refractivity contribution in [2.24, 2.45) is 5.92 Å². The predicted octanol–water partition coefficient (Wildman–Crippen LogP) is 3.64. The molecule has 7 heteroatoms. The molecule has 21 heavy (non-hydrogen) atoms. The summed E-state index contributed by atoms with van der Waals surface area (Å²) in [5.41, 5.74) is 0.139. The molecule has 1 heterocycles. The monoisotopic (exact) mass is 359 g/mol. The lowest BCUT2D eigenvalue weighted by Crippen LogP contribution is -2.30. The van der Waals surface area contributed by atoms with E-state index in [1.54, 1.807) is 0 Å². The van der Waals surface area contributed by atoms with Gasteiger partial charge in [-0.2, -0.15) is 0 Å². The molecule has 116 valence electrons. The van der Waals surface area contributed by atoms with E-state index in [0.29, 0.717) is 18.2 Å². The third-order valence-corrected chi connectivity index (χ3v) is 4.55. The van der Waals surface area contributed by atoms with Gasteiger partial charge in [0.1, 0.15) is 11.5 Å². The molecule has 1 aliphatic heterocycles. The largest absolute Gasteiger partial charge is 0.379 e. The first-order valence-corrected chi connectivity index (χ1v) is 7.82. The number of nitrogens with one attached hydrogen (secondary N) is 1. The van der Waals surface area contributed by atoms with Crippen molar-refractivity contribution in [2.45, 2.75) is 19.3 Å². The Kier molecular flexibility index (Phi) is 5.52. The Balaban J connectivity index is 1.93. The third-order valence-electron chi connectivity index (χ3n) is 3.94.